The Bertz CT molecular complexity index is 316. The number of nitrogens with two attached hydrogens (primary N) is 2. The van der Waals surface area contributed by atoms with Gasteiger partial charge in [0, 0.05) is 18.8 Å². The average Bonchev–Trinajstić information content (AvgIpc) is 2.82. The van der Waals surface area contributed by atoms with E-state index < -0.39 is 0 Å². The van der Waals surface area contributed by atoms with Gasteiger partial charge in [0.05, 0.1) is 0 Å². The van der Waals surface area contributed by atoms with E-state index in [0.29, 0.717) is 6.10 Å². The van der Waals surface area contributed by atoms with Crippen molar-refractivity contribution in [3.8, 4) is 5.75 Å². The van der Waals surface area contributed by atoms with Gasteiger partial charge in [-0.3, -0.25) is 4.90 Å². The highest BCUT2D eigenvalue weighted by Crippen LogP contribution is 2.19. The van der Waals surface area contributed by atoms with Crippen LogP contribution in [-0.4, -0.2) is 35.8 Å². The van der Waals surface area contributed by atoms with Gasteiger partial charge in [0.2, 0.25) is 0 Å². The number of hydrogen-bond acceptors (Lipinski definition) is 5. The third-order valence-electron chi connectivity index (χ3n) is 2.86. The summed E-state index contributed by atoms with van der Waals surface area (Å²) in [6.07, 6.45) is 1.46. The zero-order valence-corrected chi connectivity index (χ0v) is 10.2. The molecule has 1 heterocycles. The number of nitrogens with zero attached hydrogens (tertiary/aromatic N) is 1. The second-order valence-corrected chi connectivity index (χ2v) is 3.99. The molecular weight excluding hydrogens is 218 g/mol. The van der Waals surface area contributed by atoms with Gasteiger partial charge < -0.3 is 15.7 Å². The molecule has 0 saturated carbocycles. The first-order chi connectivity index (χ1) is 8.28. The number of hydrogen-bond donors (Lipinski definition) is 3. The summed E-state index contributed by atoms with van der Waals surface area (Å²) in [6.45, 7) is 5.49. The molecule has 0 amide bonds. The fourth-order valence-electron chi connectivity index (χ4n) is 1.92. The molecule has 1 unspecified atom stereocenters. The van der Waals surface area contributed by atoms with Crippen LogP contribution in [0.1, 0.15) is 13.3 Å². The van der Waals surface area contributed by atoms with E-state index in [2.05, 4.69) is 17.7 Å². The molecular formula is C12H21N3O2. The Kier molecular flexibility index (Phi) is 5.76. The van der Waals surface area contributed by atoms with Crippen molar-refractivity contribution < 1.29 is 9.94 Å². The Morgan fingerprint density at radius 3 is 2.53 bits per heavy atom. The number of benzene rings is 1. The van der Waals surface area contributed by atoms with Gasteiger partial charge in [0.25, 0.3) is 0 Å². The molecule has 5 N–H and O–H groups in total. The smallest absolute Gasteiger partial charge is 0.119 e. The predicted molar refractivity (Wildman–Crippen MR) is 68.0 cm³/mol. The van der Waals surface area contributed by atoms with Crippen LogP contribution in [0, 0.1) is 0 Å². The van der Waals surface area contributed by atoms with Crippen LogP contribution in [0.5, 0.6) is 5.75 Å². The highest BCUT2D eigenvalue weighted by atomic mass is 16.5. The van der Waals surface area contributed by atoms with Gasteiger partial charge in [-0.2, -0.15) is 0 Å². The first kappa shape index (κ1) is 13.8. The zero-order chi connectivity index (χ0) is 12.7. The topological polar surface area (TPSA) is 84.7 Å². The van der Waals surface area contributed by atoms with Crippen molar-refractivity contribution in [2.75, 3.05) is 25.4 Å². The number of likely N-dealkylation sites (N-methyl/N-ethyl adjacent to an activating group) is 1. The van der Waals surface area contributed by atoms with E-state index in [4.69, 9.17) is 15.7 Å². The number of nitrogen functional groups attached to an aromatic ring is 1. The van der Waals surface area contributed by atoms with Gasteiger partial charge in [0.15, 0.2) is 0 Å². The predicted octanol–water partition coefficient (Wildman–Crippen LogP) is 1.08. The monoisotopic (exact) mass is 239 g/mol. The van der Waals surface area contributed by atoms with E-state index in [0.717, 1.165) is 37.5 Å². The van der Waals surface area contributed by atoms with Crippen molar-refractivity contribution in [1.29, 1.82) is 0 Å². The van der Waals surface area contributed by atoms with E-state index in [1.807, 2.05) is 24.3 Å². The van der Waals surface area contributed by atoms with E-state index in [1.54, 1.807) is 0 Å². The lowest BCUT2D eigenvalue weighted by molar-refractivity contribution is 0.202. The fraction of sp³-hybridized carbons (Fsp3) is 0.500. The molecule has 1 saturated heterocycles. The van der Waals surface area contributed by atoms with Gasteiger partial charge in [-0.15, -0.1) is 0 Å². The highest BCUT2D eigenvalue weighted by molar-refractivity contribution is 5.41. The molecule has 1 aliphatic rings. The van der Waals surface area contributed by atoms with Gasteiger partial charge in [-0.25, -0.2) is 5.90 Å². The Balaban J connectivity index is 0.000000686. The molecule has 0 spiro atoms. The van der Waals surface area contributed by atoms with Gasteiger partial charge in [-0.1, -0.05) is 6.92 Å². The van der Waals surface area contributed by atoms with E-state index in [-0.39, 0.29) is 0 Å². The van der Waals surface area contributed by atoms with Crippen LogP contribution >= 0.6 is 0 Å². The lowest BCUT2D eigenvalue weighted by Gasteiger charge is -2.15. The summed E-state index contributed by atoms with van der Waals surface area (Å²) in [6, 6.07) is 7.62. The van der Waals surface area contributed by atoms with Crippen molar-refractivity contribution in [3.05, 3.63) is 24.3 Å². The molecule has 0 aliphatic carbocycles. The normalized spacial score (nSPS) is 19.6. The highest BCUT2D eigenvalue weighted by Gasteiger charge is 2.22. The van der Waals surface area contributed by atoms with E-state index in [1.165, 1.54) is 0 Å². The maximum Gasteiger partial charge on any atom is 0.119 e. The lowest BCUT2D eigenvalue weighted by atomic mass is 10.3. The lowest BCUT2D eigenvalue weighted by Crippen LogP contribution is -2.24. The van der Waals surface area contributed by atoms with Crippen LogP contribution in [0.4, 0.5) is 5.69 Å². The molecule has 0 radical (unpaired) electrons. The minimum Gasteiger partial charge on any atom is -0.489 e. The quantitative estimate of drug-likeness (QED) is 0.543. The second-order valence-electron chi connectivity index (χ2n) is 3.99. The largest absolute Gasteiger partial charge is 0.489 e. The third-order valence-corrected chi connectivity index (χ3v) is 2.86. The van der Waals surface area contributed by atoms with Gasteiger partial charge in [-0.05, 0) is 37.2 Å². The number of likely N-dealkylation sites (tertiary alicyclic amines) is 1. The molecule has 5 nitrogen and oxygen atoms in total. The average molecular weight is 239 g/mol. The summed E-state index contributed by atoms with van der Waals surface area (Å²) in [5.41, 5.74) is 6.40. The molecule has 1 fully saturated rings. The zero-order valence-electron chi connectivity index (χ0n) is 10.2. The second kappa shape index (κ2) is 7.11. The van der Waals surface area contributed by atoms with Crippen molar-refractivity contribution in [2.45, 2.75) is 19.4 Å². The summed E-state index contributed by atoms with van der Waals surface area (Å²) in [5, 5.41) is 6.50. The maximum atomic E-state index is 6.50. The molecule has 1 aliphatic heterocycles. The summed E-state index contributed by atoms with van der Waals surface area (Å²) >= 11 is 0. The standard InChI is InChI=1S/C12H18N2O.H3NO/c1-2-14-8-7-12(9-14)15-11-5-3-10(13)4-6-11;1-2/h3-6,12H,2,7-9,13H2,1H3;2H,1H2. The molecule has 1 atom stereocenters. The van der Waals surface area contributed by atoms with Crippen LogP contribution in [0.25, 0.3) is 0 Å². The summed E-state index contributed by atoms with van der Waals surface area (Å²) in [4.78, 5) is 2.40. The SMILES string of the molecule is CCN1CCC(Oc2ccc(N)cc2)C1.NO. The number of ether oxygens (including phenoxy) is 1. The van der Waals surface area contributed by atoms with Gasteiger partial charge >= 0.3 is 0 Å². The van der Waals surface area contributed by atoms with Gasteiger partial charge in [0.1, 0.15) is 11.9 Å². The molecule has 0 bridgehead atoms. The van der Waals surface area contributed by atoms with Crippen LogP contribution in [0.15, 0.2) is 24.3 Å². The summed E-state index contributed by atoms with van der Waals surface area (Å²) in [7, 11) is 0. The van der Waals surface area contributed by atoms with Crippen molar-refractivity contribution >= 4 is 5.69 Å². The van der Waals surface area contributed by atoms with Crippen LogP contribution in [0.2, 0.25) is 0 Å². The summed E-state index contributed by atoms with van der Waals surface area (Å²) in [5.74, 6) is 4.42. The molecule has 96 valence electrons. The van der Waals surface area contributed by atoms with Crippen molar-refractivity contribution in [1.82, 2.24) is 4.90 Å². The molecule has 17 heavy (non-hydrogen) atoms. The molecule has 1 aromatic rings. The van der Waals surface area contributed by atoms with Crippen molar-refractivity contribution in [2.24, 2.45) is 5.90 Å². The minimum atomic E-state index is 0.341. The molecule has 5 heteroatoms. The van der Waals surface area contributed by atoms with E-state index >= 15 is 0 Å². The van der Waals surface area contributed by atoms with Crippen LogP contribution in [0.3, 0.4) is 0 Å². The van der Waals surface area contributed by atoms with Crippen LogP contribution < -0.4 is 16.4 Å². The molecule has 2 rings (SSSR count). The number of rotatable bonds is 3. The first-order valence-electron chi connectivity index (χ1n) is 5.78. The van der Waals surface area contributed by atoms with Crippen LogP contribution in [-0.2, 0) is 0 Å². The fourth-order valence-corrected chi connectivity index (χ4v) is 1.92. The molecule has 0 aromatic heterocycles. The Hall–Kier alpha value is -1.30. The minimum absolute atomic E-state index is 0.341. The third kappa shape index (κ3) is 4.22. The Morgan fingerprint density at radius 1 is 1.35 bits per heavy atom. The Morgan fingerprint density at radius 2 is 2.00 bits per heavy atom. The van der Waals surface area contributed by atoms with Crippen molar-refractivity contribution in [3.63, 3.8) is 0 Å². The molecule has 1 aromatic carbocycles. The van der Waals surface area contributed by atoms with E-state index in [9.17, 15) is 0 Å². The summed E-state index contributed by atoms with van der Waals surface area (Å²) < 4.78 is 5.87. The first-order valence-corrected chi connectivity index (χ1v) is 5.78. The maximum absolute atomic E-state index is 6.50. The Labute approximate surface area is 102 Å². The number of anilines is 1.